The van der Waals surface area contributed by atoms with Crippen LogP contribution >= 0.6 is 0 Å². The molecule has 8 heavy (non-hydrogen) atoms. The number of allylic oxidation sites excluding steroid dienone is 1. The van der Waals surface area contributed by atoms with E-state index in [0.717, 1.165) is 0 Å². The summed E-state index contributed by atoms with van der Waals surface area (Å²) in [4.78, 5) is 3.40. The highest BCUT2D eigenvalue weighted by molar-refractivity contribution is 5.25. The third kappa shape index (κ3) is 18.9. The first-order valence-corrected chi connectivity index (χ1v) is 2.65. The molecule has 0 rings (SSSR count). The molecule has 0 amide bonds. The van der Waals surface area contributed by atoms with Crippen molar-refractivity contribution in [2.75, 3.05) is 0 Å². The van der Waals surface area contributed by atoms with Crippen LogP contribution in [-0.2, 0) is 0 Å². The van der Waals surface area contributed by atoms with Gasteiger partial charge in [0.15, 0.2) is 0 Å². The highest BCUT2D eigenvalue weighted by atomic mass is 14.7. The molecule has 0 fully saturated rings. The van der Waals surface area contributed by atoms with E-state index in [1.54, 1.807) is 6.92 Å². The molecule has 0 aliphatic heterocycles. The molecule has 2 heteroatoms. The van der Waals surface area contributed by atoms with E-state index in [0.29, 0.717) is 5.70 Å². The lowest BCUT2D eigenvalue weighted by molar-refractivity contribution is 1.28. The zero-order valence-corrected chi connectivity index (χ0v) is 5.81. The van der Waals surface area contributed by atoms with Crippen molar-refractivity contribution < 1.29 is 0 Å². The lowest BCUT2D eigenvalue weighted by Gasteiger charge is -1.77. The molecule has 0 aromatic carbocycles. The molecule has 0 bridgehead atoms. The zero-order chi connectivity index (χ0) is 6.99. The first-order chi connectivity index (χ1) is 3.77. The number of hydrogen-bond acceptors (Lipinski definition) is 2. The minimum atomic E-state index is 0.685. The molecular weight excluding hydrogens is 100 g/mol. The van der Waals surface area contributed by atoms with Crippen molar-refractivity contribution in [2.24, 2.45) is 10.7 Å². The van der Waals surface area contributed by atoms with E-state index < -0.39 is 0 Å². The van der Waals surface area contributed by atoms with Crippen LogP contribution in [0, 0.1) is 0 Å². The van der Waals surface area contributed by atoms with Crippen LogP contribution in [0.3, 0.4) is 0 Å². The van der Waals surface area contributed by atoms with Crippen LogP contribution in [0.15, 0.2) is 16.9 Å². The fourth-order valence-corrected chi connectivity index (χ4v) is 0.144. The van der Waals surface area contributed by atoms with Gasteiger partial charge in [0.25, 0.3) is 0 Å². The third-order valence-corrected chi connectivity index (χ3v) is 0.295. The van der Waals surface area contributed by atoms with Gasteiger partial charge in [0, 0.05) is 11.9 Å². The maximum absolute atomic E-state index is 5.13. The second kappa shape index (κ2) is 9.51. The minimum absolute atomic E-state index is 0.685. The van der Waals surface area contributed by atoms with Crippen LogP contribution in [0.4, 0.5) is 0 Å². The molecule has 0 aromatic rings. The number of aliphatic imine (C=N–C) groups is 1. The summed E-state index contributed by atoms with van der Waals surface area (Å²) in [6.45, 7) is 8.95. The van der Waals surface area contributed by atoms with Crippen LogP contribution in [-0.4, -0.2) is 6.72 Å². The molecule has 0 unspecified atom stereocenters. The molecule has 0 aliphatic rings. The van der Waals surface area contributed by atoms with Crippen molar-refractivity contribution in [2.45, 2.75) is 20.8 Å². The van der Waals surface area contributed by atoms with E-state index in [-0.39, 0.29) is 0 Å². The predicted octanol–water partition coefficient (Wildman–Crippen LogP) is 1.53. The minimum Gasteiger partial charge on any atom is -0.401 e. The summed E-state index contributed by atoms with van der Waals surface area (Å²) in [7, 11) is 0. The van der Waals surface area contributed by atoms with Crippen LogP contribution < -0.4 is 5.73 Å². The summed E-state index contributed by atoms with van der Waals surface area (Å²) in [5.41, 5.74) is 5.82. The van der Waals surface area contributed by atoms with Gasteiger partial charge in [-0.1, -0.05) is 13.8 Å². The summed E-state index contributed by atoms with van der Waals surface area (Å²) in [6, 6.07) is 0. The van der Waals surface area contributed by atoms with E-state index in [9.17, 15) is 0 Å². The van der Waals surface area contributed by atoms with Gasteiger partial charge in [-0.15, -0.1) is 0 Å². The fraction of sp³-hybridized carbons (Fsp3) is 0.500. The van der Waals surface area contributed by atoms with E-state index in [1.165, 1.54) is 6.20 Å². The van der Waals surface area contributed by atoms with Crippen molar-refractivity contribution in [1.29, 1.82) is 0 Å². The number of nitrogens with two attached hydrogens (primary N) is 1. The Labute approximate surface area is 51.1 Å². The Morgan fingerprint density at radius 1 is 1.62 bits per heavy atom. The molecule has 0 aliphatic carbocycles. The highest BCUT2D eigenvalue weighted by Crippen LogP contribution is 1.75. The second-order valence-corrected chi connectivity index (χ2v) is 1.06. The van der Waals surface area contributed by atoms with Gasteiger partial charge in [-0.3, -0.25) is 4.99 Å². The molecule has 2 N–H and O–H groups in total. The monoisotopic (exact) mass is 114 g/mol. The molecule has 48 valence electrons. The Balaban J connectivity index is 0. The van der Waals surface area contributed by atoms with Gasteiger partial charge >= 0.3 is 0 Å². The smallest absolute Gasteiger partial charge is 0.0445 e. The van der Waals surface area contributed by atoms with Crippen molar-refractivity contribution in [3.05, 3.63) is 11.9 Å². The standard InChI is InChI=1S/C4H8N2.C2H6/c1-4(5)3-6-2;1-2/h3H,2,5H2,1H3;1-2H3/b4-3-;. The average Bonchev–Trinajstić information content (AvgIpc) is 1.72. The molecule has 0 aromatic heterocycles. The van der Waals surface area contributed by atoms with Gasteiger partial charge in [-0.05, 0) is 13.6 Å². The van der Waals surface area contributed by atoms with Crippen LogP contribution in [0.25, 0.3) is 0 Å². The summed E-state index contributed by atoms with van der Waals surface area (Å²) < 4.78 is 0. The second-order valence-electron chi connectivity index (χ2n) is 1.06. The molecule has 0 spiro atoms. The van der Waals surface area contributed by atoms with Crippen molar-refractivity contribution >= 4 is 6.72 Å². The van der Waals surface area contributed by atoms with E-state index in [4.69, 9.17) is 5.73 Å². The van der Waals surface area contributed by atoms with Crippen LogP contribution in [0.5, 0.6) is 0 Å². The van der Waals surface area contributed by atoms with Crippen LogP contribution in [0.1, 0.15) is 20.8 Å². The first kappa shape index (κ1) is 10.2. The SMILES string of the molecule is C=N/C=C(/C)N.CC. The molecule has 2 nitrogen and oxygen atoms in total. The number of rotatable bonds is 1. The Kier molecular flexibility index (Phi) is 12.2. The lowest BCUT2D eigenvalue weighted by atomic mass is 10.6. The normalized spacial score (nSPS) is 9.12. The predicted molar refractivity (Wildman–Crippen MR) is 38.8 cm³/mol. The third-order valence-electron chi connectivity index (χ3n) is 0.295. The van der Waals surface area contributed by atoms with Gasteiger partial charge < -0.3 is 5.73 Å². The zero-order valence-electron chi connectivity index (χ0n) is 5.81. The number of hydrogen-bond donors (Lipinski definition) is 1. The fourth-order valence-electron chi connectivity index (χ4n) is 0.144. The van der Waals surface area contributed by atoms with Crippen molar-refractivity contribution in [1.82, 2.24) is 0 Å². The Morgan fingerprint density at radius 2 is 2.00 bits per heavy atom. The van der Waals surface area contributed by atoms with Gasteiger partial charge in [-0.2, -0.15) is 0 Å². The summed E-state index contributed by atoms with van der Waals surface area (Å²) in [5, 5.41) is 0. The largest absolute Gasteiger partial charge is 0.401 e. The topological polar surface area (TPSA) is 38.4 Å². The molecular formula is C6H14N2. The molecule has 0 atom stereocenters. The molecule has 0 radical (unpaired) electrons. The Bertz CT molecular complexity index is 70.6. The van der Waals surface area contributed by atoms with Gasteiger partial charge in [0.05, 0.1) is 0 Å². The quantitative estimate of drug-likeness (QED) is 0.516. The van der Waals surface area contributed by atoms with Gasteiger partial charge in [-0.25, -0.2) is 0 Å². The Morgan fingerprint density at radius 3 is 2.00 bits per heavy atom. The lowest BCUT2D eigenvalue weighted by Crippen LogP contribution is -1.87. The van der Waals surface area contributed by atoms with E-state index in [1.807, 2.05) is 13.8 Å². The van der Waals surface area contributed by atoms with Crippen LogP contribution in [0.2, 0.25) is 0 Å². The average molecular weight is 114 g/mol. The van der Waals surface area contributed by atoms with Gasteiger partial charge in [0.1, 0.15) is 0 Å². The Hall–Kier alpha value is -0.790. The summed E-state index contributed by atoms with van der Waals surface area (Å²) >= 11 is 0. The molecule has 0 saturated heterocycles. The summed E-state index contributed by atoms with van der Waals surface area (Å²) in [6.07, 6.45) is 1.50. The molecule has 0 heterocycles. The van der Waals surface area contributed by atoms with Gasteiger partial charge in [0.2, 0.25) is 0 Å². The molecule has 0 saturated carbocycles. The van der Waals surface area contributed by atoms with E-state index >= 15 is 0 Å². The number of nitrogens with zero attached hydrogens (tertiary/aromatic N) is 1. The maximum Gasteiger partial charge on any atom is 0.0445 e. The van der Waals surface area contributed by atoms with E-state index in [2.05, 4.69) is 11.7 Å². The van der Waals surface area contributed by atoms with Crippen molar-refractivity contribution in [3.8, 4) is 0 Å². The maximum atomic E-state index is 5.13. The highest BCUT2D eigenvalue weighted by Gasteiger charge is 1.64. The van der Waals surface area contributed by atoms with Crippen molar-refractivity contribution in [3.63, 3.8) is 0 Å². The summed E-state index contributed by atoms with van der Waals surface area (Å²) in [5.74, 6) is 0. The first-order valence-electron chi connectivity index (χ1n) is 2.65.